The van der Waals surface area contributed by atoms with Crippen LogP contribution in [0.2, 0.25) is 0 Å². The minimum absolute atomic E-state index is 0.247. The normalized spacial score (nSPS) is 18.5. The quantitative estimate of drug-likeness (QED) is 0.354. The number of fused-ring (bicyclic) bond motifs is 1. The number of likely N-dealkylation sites (N-methyl/N-ethyl adjacent to an activating group) is 1. The number of likely N-dealkylation sites (tertiary alicyclic amines) is 1. The third-order valence-electron chi connectivity index (χ3n) is 7.81. The molecule has 1 aromatic carbocycles. The number of amides is 1. The van der Waals surface area contributed by atoms with Gasteiger partial charge in [-0.25, -0.2) is 0 Å². The first-order chi connectivity index (χ1) is 18.6. The molecular weight excluding hydrogens is 482 g/mol. The maximum Gasteiger partial charge on any atom is 0.236 e. The average molecular weight is 534 g/mol. The summed E-state index contributed by atoms with van der Waals surface area (Å²) in [6.07, 6.45) is 7.47. The van der Waals surface area contributed by atoms with Crippen LogP contribution in [-0.2, 0) is 9.53 Å². The van der Waals surface area contributed by atoms with Gasteiger partial charge in [0.1, 0.15) is 0 Å². The van der Waals surface area contributed by atoms with E-state index in [1.165, 1.54) is 38.9 Å². The van der Waals surface area contributed by atoms with Crippen LogP contribution in [-0.4, -0.2) is 66.6 Å². The zero-order valence-corrected chi connectivity index (χ0v) is 25.7. The number of benzene rings is 1. The third kappa shape index (κ3) is 7.73. The smallest absolute Gasteiger partial charge is 0.236 e. The number of rotatable bonds is 8. The molecule has 0 aliphatic carbocycles. The molecule has 0 saturated carbocycles. The molecule has 3 heterocycles. The van der Waals surface area contributed by atoms with Crippen molar-refractivity contribution in [3.8, 4) is 0 Å². The SMILES string of the molecule is C=C(C)/C=C(\C=C(C)C)c1[nH]c2ccc(C3CCN(C(=O)CN(C)[C@H]4CCOC4)CC3)cc2c1C(C)C.CC. The first-order valence-corrected chi connectivity index (χ1v) is 14.9. The molecule has 0 unspecified atom stereocenters. The van der Waals surface area contributed by atoms with Gasteiger partial charge in [0.05, 0.1) is 13.2 Å². The van der Waals surface area contributed by atoms with Crippen molar-refractivity contribution in [2.24, 2.45) is 0 Å². The zero-order valence-electron chi connectivity index (χ0n) is 25.7. The van der Waals surface area contributed by atoms with Gasteiger partial charge >= 0.3 is 0 Å². The van der Waals surface area contributed by atoms with Gasteiger partial charge in [-0.15, -0.1) is 0 Å². The molecule has 1 amide bonds. The molecule has 2 aromatic rings. The molecule has 0 spiro atoms. The number of hydrogen-bond donors (Lipinski definition) is 1. The standard InChI is InChI=1S/C32H45N3O2.C2H6/c1-21(2)16-26(17-22(3)4)32-31(23(5)6)28-18-25(8-9-29(28)33-32)24-10-13-35(14-11-24)30(36)19-34(7)27-12-15-37-20-27;1-2/h8-9,16-18,23-24,27,33H,1,10-15,19-20H2,2-7H3;1-2H3/b26-16+;/t27-;/m0./s1. The summed E-state index contributed by atoms with van der Waals surface area (Å²) in [5.41, 5.74) is 8.65. The Morgan fingerprint density at radius 2 is 1.85 bits per heavy atom. The van der Waals surface area contributed by atoms with Crippen LogP contribution in [0.25, 0.3) is 16.5 Å². The van der Waals surface area contributed by atoms with E-state index in [0.717, 1.165) is 51.1 Å². The average Bonchev–Trinajstić information content (AvgIpc) is 3.57. The Kier molecular flexibility index (Phi) is 11.2. The lowest BCUT2D eigenvalue weighted by Crippen LogP contribution is -2.45. The number of aromatic amines is 1. The number of carbonyl (C=O) groups is 1. The number of ether oxygens (including phenoxy) is 1. The van der Waals surface area contributed by atoms with Crippen LogP contribution in [0.4, 0.5) is 0 Å². The van der Waals surface area contributed by atoms with Gasteiger partial charge in [-0.3, -0.25) is 9.69 Å². The van der Waals surface area contributed by atoms with Gasteiger partial charge < -0.3 is 14.6 Å². The van der Waals surface area contributed by atoms with Gasteiger partial charge in [-0.1, -0.05) is 63.6 Å². The van der Waals surface area contributed by atoms with E-state index in [-0.39, 0.29) is 5.91 Å². The van der Waals surface area contributed by atoms with Gasteiger partial charge in [0, 0.05) is 42.3 Å². The Hall–Kier alpha value is -2.63. The van der Waals surface area contributed by atoms with Gasteiger partial charge in [0.15, 0.2) is 0 Å². The monoisotopic (exact) mass is 533 g/mol. The van der Waals surface area contributed by atoms with E-state index in [9.17, 15) is 4.79 Å². The molecule has 1 N–H and O–H groups in total. The van der Waals surface area contributed by atoms with Crippen molar-refractivity contribution < 1.29 is 9.53 Å². The second kappa shape index (κ2) is 14.1. The summed E-state index contributed by atoms with van der Waals surface area (Å²) in [7, 11) is 2.05. The van der Waals surface area contributed by atoms with Crippen LogP contribution in [0.5, 0.6) is 0 Å². The molecular formula is C34H51N3O2. The van der Waals surface area contributed by atoms with Gasteiger partial charge in [0.25, 0.3) is 0 Å². The topological polar surface area (TPSA) is 48.6 Å². The van der Waals surface area contributed by atoms with Crippen LogP contribution in [0.15, 0.2) is 48.1 Å². The van der Waals surface area contributed by atoms with Crippen LogP contribution >= 0.6 is 0 Å². The lowest BCUT2D eigenvalue weighted by atomic mass is 9.87. The highest BCUT2D eigenvalue weighted by Crippen LogP contribution is 2.37. The fourth-order valence-electron chi connectivity index (χ4n) is 5.85. The van der Waals surface area contributed by atoms with E-state index in [1.807, 2.05) is 27.8 Å². The summed E-state index contributed by atoms with van der Waals surface area (Å²) in [4.78, 5) is 20.9. The number of allylic oxidation sites excluding steroid dienone is 5. The van der Waals surface area contributed by atoms with Gasteiger partial charge in [-0.05, 0) is 87.7 Å². The minimum Gasteiger partial charge on any atom is -0.380 e. The van der Waals surface area contributed by atoms with Crippen LogP contribution in [0, 0.1) is 0 Å². The molecule has 1 aromatic heterocycles. The molecule has 5 heteroatoms. The predicted molar refractivity (Wildman–Crippen MR) is 166 cm³/mol. The Bertz CT molecular complexity index is 1180. The molecule has 1 atom stereocenters. The van der Waals surface area contributed by atoms with Crippen LogP contribution in [0.3, 0.4) is 0 Å². The highest BCUT2D eigenvalue weighted by Gasteiger charge is 2.28. The molecule has 2 fully saturated rings. The number of nitrogens with zero attached hydrogens (tertiary/aromatic N) is 2. The molecule has 2 saturated heterocycles. The highest BCUT2D eigenvalue weighted by atomic mass is 16.5. The molecule has 2 aliphatic rings. The van der Waals surface area contributed by atoms with E-state index >= 15 is 0 Å². The van der Waals surface area contributed by atoms with E-state index in [0.29, 0.717) is 24.4 Å². The van der Waals surface area contributed by atoms with E-state index in [4.69, 9.17) is 4.74 Å². The summed E-state index contributed by atoms with van der Waals surface area (Å²) in [5, 5.41) is 1.32. The van der Waals surface area contributed by atoms with Crippen molar-refractivity contribution in [3.05, 3.63) is 64.9 Å². The molecule has 0 radical (unpaired) electrons. The first-order valence-electron chi connectivity index (χ1n) is 14.9. The number of nitrogens with one attached hydrogen (secondary N) is 1. The van der Waals surface area contributed by atoms with Gasteiger partial charge in [0.2, 0.25) is 5.91 Å². The Labute approximate surface area is 237 Å². The second-order valence-corrected chi connectivity index (χ2v) is 11.6. The number of aromatic nitrogens is 1. The molecule has 5 nitrogen and oxygen atoms in total. The largest absolute Gasteiger partial charge is 0.380 e. The fraction of sp³-hybridized carbons (Fsp3) is 0.559. The van der Waals surface area contributed by atoms with Crippen molar-refractivity contribution in [2.75, 3.05) is 39.9 Å². The number of H-pyrrole nitrogens is 1. The van der Waals surface area contributed by atoms with Gasteiger partial charge in [-0.2, -0.15) is 0 Å². The fourth-order valence-corrected chi connectivity index (χ4v) is 5.85. The van der Waals surface area contributed by atoms with E-state index in [1.54, 1.807) is 0 Å². The summed E-state index contributed by atoms with van der Waals surface area (Å²) in [6.45, 7) is 22.7. The van der Waals surface area contributed by atoms with Crippen LogP contribution in [0.1, 0.15) is 96.4 Å². The minimum atomic E-state index is 0.247. The summed E-state index contributed by atoms with van der Waals surface area (Å²) in [6, 6.07) is 7.31. The van der Waals surface area contributed by atoms with E-state index < -0.39 is 0 Å². The second-order valence-electron chi connectivity index (χ2n) is 11.6. The van der Waals surface area contributed by atoms with E-state index in [2.05, 4.69) is 79.4 Å². The maximum absolute atomic E-state index is 12.9. The molecule has 4 rings (SSSR count). The first kappa shape index (κ1) is 30.9. The molecule has 39 heavy (non-hydrogen) atoms. The third-order valence-corrected chi connectivity index (χ3v) is 7.81. The Morgan fingerprint density at radius 3 is 2.41 bits per heavy atom. The molecule has 214 valence electrons. The summed E-state index contributed by atoms with van der Waals surface area (Å²) < 4.78 is 5.49. The van der Waals surface area contributed by atoms with Crippen molar-refractivity contribution in [2.45, 2.75) is 85.6 Å². The lowest BCUT2D eigenvalue weighted by Gasteiger charge is -2.34. The Balaban J connectivity index is 0.00000205. The Morgan fingerprint density at radius 1 is 1.15 bits per heavy atom. The predicted octanol–water partition coefficient (Wildman–Crippen LogP) is 7.67. The molecule has 0 bridgehead atoms. The van der Waals surface area contributed by atoms with Crippen molar-refractivity contribution in [1.29, 1.82) is 0 Å². The van der Waals surface area contributed by atoms with Crippen LogP contribution < -0.4 is 0 Å². The van der Waals surface area contributed by atoms with Crippen molar-refractivity contribution >= 4 is 22.4 Å². The summed E-state index contributed by atoms with van der Waals surface area (Å²) >= 11 is 0. The highest BCUT2D eigenvalue weighted by molar-refractivity contribution is 5.92. The number of piperidine rings is 1. The van der Waals surface area contributed by atoms with Crippen molar-refractivity contribution in [1.82, 2.24) is 14.8 Å². The zero-order chi connectivity index (χ0) is 28.7. The number of carbonyl (C=O) groups excluding carboxylic acids is 1. The molecule has 2 aliphatic heterocycles. The summed E-state index contributed by atoms with van der Waals surface area (Å²) in [5.74, 6) is 1.12. The lowest BCUT2D eigenvalue weighted by molar-refractivity contribution is -0.133. The maximum atomic E-state index is 12.9. The number of hydrogen-bond acceptors (Lipinski definition) is 3. The van der Waals surface area contributed by atoms with Crippen molar-refractivity contribution in [3.63, 3.8) is 0 Å².